The van der Waals surface area contributed by atoms with Gasteiger partial charge in [-0.15, -0.1) is 0 Å². The number of unbranched alkanes of at least 4 members (excludes halogenated alkanes) is 39. The number of esters is 3. The Bertz CT molecular complexity index is 1440. The lowest BCUT2D eigenvalue weighted by atomic mass is 10.0. The molecule has 0 rings (SSSR count). The van der Waals surface area contributed by atoms with Crippen molar-refractivity contribution in [2.24, 2.45) is 0 Å². The van der Waals surface area contributed by atoms with Crippen molar-refractivity contribution in [1.29, 1.82) is 0 Å². The summed E-state index contributed by atoms with van der Waals surface area (Å²) in [6, 6.07) is 0. The molecule has 0 aliphatic carbocycles. The lowest BCUT2D eigenvalue weighted by molar-refractivity contribution is -0.167. The third-order valence-corrected chi connectivity index (χ3v) is 14.9. The first kappa shape index (κ1) is 74.8. The lowest BCUT2D eigenvalue weighted by Crippen LogP contribution is -2.30. The molecule has 0 N–H and O–H groups in total. The summed E-state index contributed by atoms with van der Waals surface area (Å²) < 4.78 is 17.0. The van der Waals surface area contributed by atoms with Crippen LogP contribution < -0.4 is 0 Å². The molecule has 0 aliphatic rings. The van der Waals surface area contributed by atoms with Gasteiger partial charge >= 0.3 is 17.9 Å². The summed E-state index contributed by atoms with van der Waals surface area (Å²) in [6.07, 6.45) is 86.2. The zero-order chi connectivity index (χ0) is 56.4. The highest BCUT2D eigenvalue weighted by Crippen LogP contribution is 2.17. The van der Waals surface area contributed by atoms with Crippen molar-refractivity contribution >= 4 is 17.9 Å². The molecule has 0 aromatic rings. The highest BCUT2D eigenvalue weighted by Gasteiger charge is 2.19. The average Bonchev–Trinajstić information content (AvgIpc) is 3.44. The number of allylic oxidation sites excluding steroid dienone is 12. The molecule has 0 amide bonds. The van der Waals surface area contributed by atoms with Crippen molar-refractivity contribution in [2.75, 3.05) is 13.2 Å². The Balaban J connectivity index is 4.35. The van der Waals surface area contributed by atoms with E-state index in [4.69, 9.17) is 14.2 Å². The topological polar surface area (TPSA) is 78.9 Å². The molecule has 0 aromatic carbocycles. The summed E-state index contributed by atoms with van der Waals surface area (Å²) >= 11 is 0. The minimum Gasteiger partial charge on any atom is -0.462 e. The maximum absolute atomic E-state index is 12.9. The number of ether oxygens (including phenoxy) is 3. The van der Waals surface area contributed by atoms with Crippen molar-refractivity contribution in [2.45, 2.75) is 354 Å². The number of hydrogen-bond donors (Lipinski definition) is 0. The van der Waals surface area contributed by atoms with Gasteiger partial charge in [0.25, 0.3) is 0 Å². The van der Waals surface area contributed by atoms with Crippen molar-refractivity contribution in [1.82, 2.24) is 0 Å². The van der Waals surface area contributed by atoms with E-state index in [0.717, 1.165) is 96.3 Å². The molecule has 452 valence electrons. The van der Waals surface area contributed by atoms with Gasteiger partial charge in [0.05, 0.1) is 0 Å². The van der Waals surface area contributed by atoms with Crippen LogP contribution in [0.2, 0.25) is 0 Å². The summed E-state index contributed by atoms with van der Waals surface area (Å²) in [7, 11) is 0. The lowest BCUT2D eigenvalue weighted by Gasteiger charge is -2.18. The molecule has 1 atom stereocenters. The molecule has 0 aliphatic heterocycles. The molecule has 1 unspecified atom stereocenters. The van der Waals surface area contributed by atoms with Crippen LogP contribution in [0.5, 0.6) is 0 Å². The van der Waals surface area contributed by atoms with Crippen molar-refractivity contribution in [3.05, 3.63) is 72.9 Å². The summed E-state index contributed by atoms with van der Waals surface area (Å²) in [4.78, 5) is 38.4. The van der Waals surface area contributed by atoms with Crippen molar-refractivity contribution in [3.63, 3.8) is 0 Å². The maximum Gasteiger partial charge on any atom is 0.306 e. The van der Waals surface area contributed by atoms with Crippen molar-refractivity contribution in [3.8, 4) is 0 Å². The van der Waals surface area contributed by atoms with Gasteiger partial charge in [-0.1, -0.05) is 306 Å². The second-order valence-corrected chi connectivity index (χ2v) is 22.7. The summed E-state index contributed by atoms with van der Waals surface area (Å²) in [5.41, 5.74) is 0. The van der Waals surface area contributed by atoms with Crippen LogP contribution in [0.4, 0.5) is 0 Å². The van der Waals surface area contributed by atoms with Gasteiger partial charge in [-0.3, -0.25) is 14.4 Å². The van der Waals surface area contributed by atoms with Gasteiger partial charge in [0.15, 0.2) is 6.10 Å². The van der Waals surface area contributed by atoms with Crippen molar-refractivity contribution < 1.29 is 28.6 Å². The molecular formula is C72H128O6. The largest absolute Gasteiger partial charge is 0.462 e. The molecule has 0 saturated carbocycles. The van der Waals surface area contributed by atoms with Gasteiger partial charge in [-0.05, 0) is 96.3 Å². The van der Waals surface area contributed by atoms with Gasteiger partial charge in [0.1, 0.15) is 13.2 Å². The third kappa shape index (κ3) is 63.7. The number of carbonyl (C=O) groups is 3. The SMILES string of the molecule is CCCCC/C=C\C/C=C\C/C=C\CCCCCCCCC(=O)OC(COC(=O)CCCCCCCCCCCC/C=C\C/C=C\C/C=C\CCCCCCC)COC(=O)CCCCCCCCCCCCCCCCCC. The van der Waals surface area contributed by atoms with E-state index in [2.05, 4.69) is 93.7 Å². The minimum absolute atomic E-state index is 0.0787. The molecule has 0 fully saturated rings. The Morgan fingerprint density at radius 1 is 0.256 bits per heavy atom. The fourth-order valence-corrected chi connectivity index (χ4v) is 9.81. The average molecular weight is 1090 g/mol. The quantitative estimate of drug-likeness (QED) is 0.0261. The van der Waals surface area contributed by atoms with Crippen LogP contribution in [0.25, 0.3) is 0 Å². The molecule has 6 nitrogen and oxygen atoms in total. The smallest absolute Gasteiger partial charge is 0.306 e. The normalized spacial score (nSPS) is 12.5. The molecule has 6 heteroatoms. The molecule has 78 heavy (non-hydrogen) atoms. The van der Waals surface area contributed by atoms with Crippen LogP contribution in [0.3, 0.4) is 0 Å². The molecule has 0 saturated heterocycles. The number of hydrogen-bond acceptors (Lipinski definition) is 6. The highest BCUT2D eigenvalue weighted by atomic mass is 16.6. The molecule has 0 bridgehead atoms. The van der Waals surface area contributed by atoms with Crippen LogP contribution in [-0.4, -0.2) is 37.2 Å². The second kappa shape index (κ2) is 66.4. The molecule has 0 heterocycles. The Labute approximate surface area is 484 Å². The first-order chi connectivity index (χ1) is 38.5. The summed E-state index contributed by atoms with van der Waals surface area (Å²) in [5.74, 6) is -0.876. The first-order valence-electron chi connectivity index (χ1n) is 33.9. The van der Waals surface area contributed by atoms with E-state index in [9.17, 15) is 14.4 Å². The fraction of sp³-hybridized carbons (Fsp3) is 0.792. The predicted molar refractivity (Wildman–Crippen MR) is 339 cm³/mol. The zero-order valence-corrected chi connectivity index (χ0v) is 51.9. The molecule has 0 spiro atoms. The molecule has 0 aromatic heterocycles. The Hall–Kier alpha value is -3.15. The van der Waals surface area contributed by atoms with Crippen LogP contribution in [0.15, 0.2) is 72.9 Å². The molecular weight excluding hydrogens is 961 g/mol. The van der Waals surface area contributed by atoms with E-state index in [1.54, 1.807) is 0 Å². The van der Waals surface area contributed by atoms with Gasteiger partial charge in [-0.2, -0.15) is 0 Å². The predicted octanol–water partition coefficient (Wildman–Crippen LogP) is 23.3. The number of rotatable bonds is 62. The Morgan fingerprint density at radius 3 is 0.744 bits per heavy atom. The van der Waals surface area contributed by atoms with E-state index in [1.807, 2.05) is 0 Å². The van der Waals surface area contributed by atoms with Gasteiger partial charge in [-0.25, -0.2) is 0 Å². The second-order valence-electron chi connectivity index (χ2n) is 22.7. The Kier molecular flexibility index (Phi) is 63.7. The standard InChI is InChI=1S/C72H128O6/c1-4-7-10-13-16-19-22-25-28-31-33-34-35-36-37-38-40-41-44-47-50-53-56-59-62-65-71(74)77-68-69(67-76-70(73)64-61-58-55-52-49-46-43-30-27-24-21-18-15-12-9-6-3)78-72(75)66-63-60-57-54-51-48-45-42-39-32-29-26-23-20-17-14-11-8-5-2/h17,20,22,25-26,29,31,33,35-36,39,42,69H,4-16,18-19,21,23-24,27-28,30,32,34,37-38,40-41,43-68H2,1-3H3/b20-17-,25-22-,29-26-,33-31-,36-35-,42-39-. The van der Waals surface area contributed by atoms with Gasteiger partial charge in [0, 0.05) is 19.3 Å². The van der Waals surface area contributed by atoms with E-state index >= 15 is 0 Å². The monoisotopic (exact) mass is 1090 g/mol. The maximum atomic E-state index is 12.9. The first-order valence-corrected chi connectivity index (χ1v) is 33.9. The minimum atomic E-state index is -0.784. The van der Waals surface area contributed by atoms with E-state index in [1.165, 1.54) is 212 Å². The molecule has 0 radical (unpaired) electrons. The van der Waals surface area contributed by atoms with E-state index < -0.39 is 6.10 Å². The van der Waals surface area contributed by atoms with E-state index in [0.29, 0.717) is 19.3 Å². The highest BCUT2D eigenvalue weighted by molar-refractivity contribution is 5.71. The van der Waals surface area contributed by atoms with Gasteiger partial charge < -0.3 is 14.2 Å². The van der Waals surface area contributed by atoms with Gasteiger partial charge in [0.2, 0.25) is 0 Å². The summed E-state index contributed by atoms with van der Waals surface area (Å²) in [6.45, 7) is 6.64. The number of carbonyl (C=O) groups excluding carboxylic acids is 3. The third-order valence-electron chi connectivity index (χ3n) is 14.9. The van der Waals surface area contributed by atoms with Crippen LogP contribution in [0, 0.1) is 0 Å². The van der Waals surface area contributed by atoms with Crippen LogP contribution in [-0.2, 0) is 28.6 Å². The zero-order valence-electron chi connectivity index (χ0n) is 51.9. The van der Waals surface area contributed by atoms with Crippen LogP contribution >= 0.6 is 0 Å². The van der Waals surface area contributed by atoms with Crippen LogP contribution in [0.1, 0.15) is 348 Å². The summed E-state index contributed by atoms with van der Waals surface area (Å²) in [5, 5.41) is 0. The van der Waals surface area contributed by atoms with E-state index in [-0.39, 0.29) is 31.1 Å². The Morgan fingerprint density at radius 2 is 0.462 bits per heavy atom. The fourth-order valence-electron chi connectivity index (χ4n) is 9.81.